The molecule has 0 amide bonds. The first kappa shape index (κ1) is 5.18. The smallest absolute Gasteiger partial charge is 0.0325 e. The molecule has 0 spiro atoms. The van der Waals surface area contributed by atoms with Crippen LogP contribution in [0, 0.1) is 23.1 Å². The molecule has 1 rings (SSSR count). The summed E-state index contributed by atoms with van der Waals surface area (Å²) >= 11 is 3.02. The summed E-state index contributed by atoms with van der Waals surface area (Å²) in [6.07, 6.45) is 2.34. The molecule has 1 aliphatic carbocycles. The van der Waals surface area contributed by atoms with Gasteiger partial charge in [-0.05, 0) is 24.6 Å². The zero-order valence-corrected chi connectivity index (χ0v) is 5.59. The molecule has 7 heavy (non-hydrogen) atoms. The Kier molecular flexibility index (Phi) is 1.13. The number of rotatable bonds is 0. The van der Waals surface area contributed by atoms with Gasteiger partial charge in [0.25, 0.3) is 0 Å². The molecule has 0 aromatic heterocycles. The van der Waals surface area contributed by atoms with Gasteiger partial charge in [0.1, 0.15) is 0 Å². The van der Waals surface area contributed by atoms with Crippen molar-refractivity contribution in [2.75, 3.05) is 0 Å². The first-order valence-corrected chi connectivity index (χ1v) is 3.04. The first-order valence-electron chi connectivity index (χ1n) is 2.25. The average molecular weight is 158 g/mol. The van der Waals surface area contributed by atoms with Crippen molar-refractivity contribution in [3.63, 3.8) is 0 Å². The van der Waals surface area contributed by atoms with Crippen molar-refractivity contribution >= 4 is 15.9 Å². The van der Waals surface area contributed by atoms with E-state index in [2.05, 4.69) is 33.6 Å². The maximum absolute atomic E-state index is 3.87. The standard InChI is InChI=1S/C6H6Br/c1-6(2-3-6)4-5-7/h1-3H2. The van der Waals surface area contributed by atoms with Crippen LogP contribution in [0.2, 0.25) is 0 Å². The Hall–Kier alpha value is 0.0400. The van der Waals surface area contributed by atoms with E-state index in [9.17, 15) is 0 Å². The highest BCUT2D eigenvalue weighted by Crippen LogP contribution is 2.43. The molecule has 0 aromatic carbocycles. The topological polar surface area (TPSA) is 0 Å². The molecule has 1 saturated carbocycles. The zero-order valence-electron chi connectivity index (χ0n) is 4.00. The zero-order chi connectivity index (χ0) is 5.33. The normalized spacial score (nSPS) is 22.6. The van der Waals surface area contributed by atoms with E-state index in [1.807, 2.05) is 0 Å². The van der Waals surface area contributed by atoms with E-state index in [0.29, 0.717) is 0 Å². The summed E-state index contributed by atoms with van der Waals surface area (Å²) in [6.45, 7) is 3.87. The molecule has 1 aliphatic rings. The van der Waals surface area contributed by atoms with Crippen molar-refractivity contribution in [1.82, 2.24) is 0 Å². The Morgan fingerprint density at radius 3 is 2.29 bits per heavy atom. The Morgan fingerprint density at radius 1 is 1.57 bits per heavy atom. The molecular weight excluding hydrogens is 152 g/mol. The molecule has 0 bridgehead atoms. The minimum Gasteiger partial charge on any atom is -0.0840 e. The van der Waals surface area contributed by atoms with E-state index in [-0.39, 0.29) is 5.41 Å². The molecule has 0 saturated heterocycles. The van der Waals surface area contributed by atoms with Gasteiger partial charge < -0.3 is 0 Å². The summed E-state index contributed by atoms with van der Waals surface area (Å²) in [5.41, 5.74) is 0.142. The van der Waals surface area contributed by atoms with Crippen LogP contribution in [0.4, 0.5) is 0 Å². The minimum atomic E-state index is 0.142. The van der Waals surface area contributed by atoms with Crippen molar-refractivity contribution in [2.24, 2.45) is 5.41 Å². The summed E-state index contributed by atoms with van der Waals surface area (Å²) in [5.74, 6) is 2.95. The van der Waals surface area contributed by atoms with Crippen LogP contribution in [0.5, 0.6) is 0 Å². The van der Waals surface area contributed by atoms with Crippen molar-refractivity contribution in [2.45, 2.75) is 12.8 Å². The van der Waals surface area contributed by atoms with Crippen LogP contribution in [0.25, 0.3) is 0 Å². The van der Waals surface area contributed by atoms with Crippen molar-refractivity contribution < 1.29 is 0 Å². The molecule has 0 nitrogen and oxygen atoms in total. The second-order valence-electron chi connectivity index (χ2n) is 2.00. The van der Waals surface area contributed by atoms with Gasteiger partial charge in [-0.25, -0.2) is 0 Å². The van der Waals surface area contributed by atoms with Gasteiger partial charge in [-0.15, -0.1) is 0 Å². The van der Waals surface area contributed by atoms with Gasteiger partial charge in [-0.2, -0.15) is 0 Å². The fourth-order valence-corrected chi connectivity index (χ4v) is 0.797. The fraction of sp³-hybridized carbons (Fsp3) is 0.500. The lowest BCUT2D eigenvalue weighted by Gasteiger charge is -1.87. The van der Waals surface area contributed by atoms with Gasteiger partial charge in [0.05, 0.1) is 0 Å². The summed E-state index contributed by atoms with van der Waals surface area (Å²) < 4.78 is 0. The lowest BCUT2D eigenvalue weighted by atomic mass is 10.2. The van der Waals surface area contributed by atoms with Crippen LogP contribution in [0.3, 0.4) is 0 Å². The van der Waals surface area contributed by atoms with Gasteiger partial charge in [0.2, 0.25) is 0 Å². The summed E-state index contributed by atoms with van der Waals surface area (Å²) in [4.78, 5) is 2.67. The first-order chi connectivity index (χ1) is 3.27. The highest BCUT2D eigenvalue weighted by molar-refractivity contribution is 9.12. The molecule has 0 atom stereocenters. The van der Waals surface area contributed by atoms with Crippen LogP contribution in [-0.4, -0.2) is 0 Å². The lowest BCUT2D eigenvalue weighted by Crippen LogP contribution is -1.82. The SMILES string of the molecule is [CH2]C1(C#CBr)CC1. The second kappa shape index (κ2) is 1.52. The van der Waals surface area contributed by atoms with Crippen LogP contribution in [0.1, 0.15) is 12.8 Å². The van der Waals surface area contributed by atoms with E-state index in [1.54, 1.807) is 0 Å². The summed E-state index contributed by atoms with van der Waals surface area (Å²) in [7, 11) is 0. The number of halogens is 1. The third-order valence-electron chi connectivity index (χ3n) is 1.17. The van der Waals surface area contributed by atoms with Crippen molar-refractivity contribution in [3.8, 4) is 10.8 Å². The maximum Gasteiger partial charge on any atom is 0.0325 e. The third kappa shape index (κ3) is 1.21. The van der Waals surface area contributed by atoms with Crippen molar-refractivity contribution in [3.05, 3.63) is 6.92 Å². The third-order valence-corrected chi connectivity index (χ3v) is 1.36. The maximum atomic E-state index is 3.87. The molecule has 0 aliphatic heterocycles. The molecule has 0 heterocycles. The van der Waals surface area contributed by atoms with E-state index in [0.717, 1.165) is 0 Å². The Balaban J connectivity index is 2.50. The molecule has 1 fully saturated rings. The molecular formula is C6H6Br. The van der Waals surface area contributed by atoms with E-state index < -0.39 is 0 Å². The van der Waals surface area contributed by atoms with Crippen LogP contribution >= 0.6 is 15.9 Å². The Bertz CT molecular complexity index is 123. The number of hydrogen-bond donors (Lipinski definition) is 0. The van der Waals surface area contributed by atoms with Crippen molar-refractivity contribution in [1.29, 1.82) is 0 Å². The molecule has 0 aromatic rings. The summed E-state index contributed by atoms with van der Waals surface area (Å²) in [5, 5.41) is 0. The minimum absolute atomic E-state index is 0.142. The van der Waals surface area contributed by atoms with Crippen LogP contribution in [-0.2, 0) is 0 Å². The van der Waals surface area contributed by atoms with Crippen LogP contribution < -0.4 is 0 Å². The predicted molar refractivity (Wildman–Crippen MR) is 33.7 cm³/mol. The monoisotopic (exact) mass is 157 g/mol. The molecule has 37 valence electrons. The Morgan fingerprint density at radius 2 is 2.14 bits per heavy atom. The van der Waals surface area contributed by atoms with Gasteiger partial charge in [-0.1, -0.05) is 5.92 Å². The average Bonchev–Trinajstić information content (AvgIpc) is 2.22. The summed E-state index contributed by atoms with van der Waals surface area (Å²) in [6, 6.07) is 0. The fourth-order valence-electron chi connectivity index (χ4n) is 0.376. The quantitative estimate of drug-likeness (QED) is 0.472. The largest absolute Gasteiger partial charge is 0.0840 e. The van der Waals surface area contributed by atoms with Gasteiger partial charge >= 0.3 is 0 Å². The lowest BCUT2D eigenvalue weighted by molar-refractivity contribution is 0.894. The predicted octanol–water partition coefficient (Wildman–Crippen LogP) is 1.96. The van der Waals surface area contributed by atoms with Gasteiger partial charge in [-0.3, -0.25) is 0 Å². The highest BCUT2D eigenvalue weighted by atomic mass is 79.9. The van der Waals surface area contributed by atoms with E-state index >= 15 is 0 Å². The van der Waals surface area contributed by atoms with E-state index in [1.165, 1.54) is 12.8 Å². The van der Waals surface area contributed by atoms with Gasteiger partial charge in [0.15, 0.2) is 0 Å². The highest BCUT2D eigenvalue weighted by Gasteiger charge is 2.35. The van der Waals surface area contributed by atoms with Crippen LogP contribution in [0.15, 0.2) is 0 Å². The van der Waals surface area contributed by atoms with E-state index in [4.69, 9.17) is 0 Å². The molecule has 0 unspecified atom stereocenters. The Labute approximate surface area is 52.4 Å². The second-order valence-corrected chi connectivity index (χ2v) is 2.40. The number of hydrogen-bond acceptors (Lipinski definition) is 0. The molecule has 1 heteroatoms. The molecule has 0 N–H and O–H groups in total. The van der Waals surface area contributed by atoms with Gasteiger partial charge in [0, 0.05) is 21.3 Å². The molecule has 1 radical (unpaired) electrons.